The maximum atomic E-state index is 12.8. The van der Waals surface area contributed by atoms with Crippen LogP contribution in [-0.2, 0) is 11.3 Å². The third kappa shape index (κ3) is 4.65. The first-order valence-electron chi connectivity index (χ1n) is 9.66. The fourth-order valence-corrected chi connectivity index (χ4v) is 3.38. The fourth-order valence-electron chi connectivity index (χ4n) is 3.38. The highest BCUT2D eigenvalue weighted by molar-refractivity contribution is 5.77. The fraction of sp³-hybridized carbons (Fsp3) is 0.273. The Balaban J connectivity index is 1.84. The summed E-state index contributed by atoms with van der Waals surface area (Å²) in [7, 11) is 0. The van der Waals surface area contributed by atoms with E-state index < -0.39 is 4.92 Å². The van der Waals surface area contributed by atoms with E-state index in [9.17, 15) is 14.9 Å². The minimum absolute atomic E-state index is 0.0612. The molecule has 30 heavy (non-hydrogen) atoms. The molecule has 8 heteroatoms. The lowest BCUT2D eigenvalue weighted by atomic mass is 9.98. The Kier molecular flexibility index (Phi) is 6.46. The first kappa shape index (κ1) is 21.0. The van der Waals surface area contributed by atoms with E-state index in [0.717, 1.165) is 16.9 Å². The third-order valence-corrected chi connectivity index (χ3v) is 4.78. The number of rotatable bonds is 8. The van der Waals surface area contributed by atoms with Crippen LogP contribution in [0, 0.1) is 24.0 Å². The zero-order valence-electron chi connectivity index (χ0n) is 17.2. The molecular weight excluding hydrogens is 384 g/mol. The number of carbonyl (C=O) groups is 1. The number of hydrogen-bond donors (Lipinski definition) is 1. The number of nitrogens with zero attached hydrogens (tertiary/aromatic N) is 3. The number of nitro groups is 1. The highest BCUT2D eigenvalue weighted by atomic mass is 16.6. The van der Waals surface area contributed by atoms with Crippen LogP contribution in [0.3, 0.4) is 0 Å². The highest BCUT2D eigenvalue weighted by Gasteiger charge is 2.24. The van der Waals surface area contributed by atoms with E-state index in [0.29, 0.717) is 12.3 Å². The zero-order valence-corrected chi connectivity index (χ0v) is 17.2. The Morgan fingerprint density at radius 2 is 1.77 bits per heavy atom. The predicted octanol–water partition coefficient (Wildman–Crippen LogP) is 3.71. The number of ether oxygens (including phenoxy) is 1. The summed E-state index contributed by atoms with van der Waals surface area (Å²) >= 11 is 0. The molecule has 0 bridgehead atoms. The Labute approximate surface area is 174 Å². The summed E-state index contributed by atoms with van der Waals surface area (Å²) in [6.45, 7) is 5.54. The summed E-state index contributed by atoms with van der Waals surface area (Å²) in [5.74, 6) is 0.465. The van der Waals surface area contributed by atoms with Crippen molar-refractivity contribution in [2.24, 2.45) is 0 Å². The quantitative estimate of drug-likeness (QED) is 0.452. The van der Waals surface area contributed by atoms with Crippen LogP contribution in [0.4, 0.5) is 5.69 Å². The van der Waals surface area contributed by atoms with Crippen molar-refractivity contribution in [2.45, 2.75) is 33.4 Å². The molecule has 1 N–H and O–H groups in total. The summed E-state index contributed by atoms with van der Waals surface area (Å²) in [6.07, 6.45) is 0. The molecule has 0 aliphatic rings. The lowest BCUT2D eigenvalue weighted by molar-refractivity contribution is -0.386. The van der Waals surface area contributed by atoms with Crippen molar-refractivity contribution in [1.29, 1.82) is 0 Å². The molecule has 1 amide bonds. The number of hydrogen-bond acceptors (Lipinski definition) is 5. The van der Waals surface area contributed by atoms with Gasteiger partial charge in [0, 0.05) is 0 Å². The highest BCUT2D eigenvalue weighted by Crippen LogP contribution is 2.25. The number of aryl methyl sites for hydroxylation is 1. The standard InChI is InChI=1S/C22H24N4O4/c1-4-30-19-12-10-18(11-13-19)21(17-8-6-5-7-9-17)23-20(27)14-25-16(3)22(26(28)29)15(2)24-25/h5-13,21H,4,14H2,1-3H3,(H,23,27). The van der Waals surface area contributed by atoms with Crippen molar-refractivity contribution >= 4 is 11.6 Å². The van der Waals surface area contributed by atoms with Gasteiger partial charge in [-0.3, -0.25) is 19.6 Å². The van der Waals surface area contributed by atoms with E-state index in [1.165, 1.54) is 4.68 Å². The normalized spacial score (nSPS) is 11.7. The molecule has 156 valence electrons. The van der Waals surface area contributed by atoms with Gasteiger partial charge < -0.3 is 10.1 Å². The van der Waals surface area contributed by atoms with E-state index in [1.807, 2.05) is 61.5 Å². The van der Waals surface area contributed by atoms with Crippen LogP contribution in [0.15, 0.2) is 54.6 Å². The van der Waals surface area contributed by atoms with Gasteiger partial charge in [-0.2, -0.15) is 5.10 Å². The van der Waals surface area contributed by atoms with Crippen LogP contribution in [-0.4, -0.2) is 27.2 Å². The molecule has 2 aromatic carbocycles. The largest absolute Gasteiger partial charge is 0.494 e. The average Bonchev–Trinajstić information content (AvgIpc) is 3.01. The number of aromatic nitrogens is 2. The summed E-state index contributed by atoms with van der Waals surface area (Å²) in [5.41, 5.74) is 2.40. The van der Waals surface area contributed by atoms with E-state index >= 15 is 0 Å². The van der Waals surface area contributed by atoms with Gasteiger partial charge in [0.25, 0.3) is 0 Å². The van der Waals surface area contributed by atoms with Gasteiger partial charge in [-0.15, -0.1) is 0 Å². The van der Waals surface area contributed by atoms with Crippen molar-refractivity contribution in [3.8, 4) is 5.75 Å². The van der Waals surface area contributed by atoms with E-state index in [2.05, 4.69) is 10.4 Å². The Morgan fingerprint density at radius 3 is 2.33 bits per heavy atom. The van der Waals surface area contributed by atoms with Crippen molar-refractivity contribution in [3.63, 3.8) is 0 Å². The average molecular weight is 408 g/mol. The lowest BCUT2D eigenvalue weighted by Crippen LogP contribution is -2.32. The van der Waals surface area contributed by atoms with Crippen LogP contribution < -0.4 is 10.1 Å². The first-order chi connectivity index (χ1) is 14.4. The molecule has 0 spiro atoms. The molecule has 0 saturated heterocycles. The molecule has 3 aromatic rings. The third-order valence-electron chi connectivity index (χ3n) is 4.78. The topological polar surface area (TPSA) is 99.3 Å². The Bertz CT molecular complexity index is 1030. The van der Waals surface area contributed by atoms with Crippen LogP contribution in [0.5, 0.6) is 5.75 Å². The molecule has 1 aromatic heterocycles. The molecule has 0 radical (unpaired) electrons. The number of amides is 1. The SMILES string of the molecule is CCOc1ccc(C(NC(=O)Cn2nc(C)c([N+](=O)[O-])c2C)c2ccccc2)cc1. The Hall–Kier alpha value is -3.68. The minimum atomic E-state index is -0.473. The predicted molar refractivity (Wildman–Crippen MR) is 112 cm³/mol. The molecule has 1 unspecified atom stereocenters. The molecular formula is C22H24N4O4. The summed E-state index contributed by atoms with van der Waals surface area (Å²) in [5, 5.41) is 18.4. The smallest absolute Gasteiger partial charge is 0.312 e. The summed E-state index contributed by atoms with van der Waals surface area (Å²) in [6, 6.07) is 16.8. The van der Waals surface area contributed by atoms with Gasteiger partial charge in [-0.1, -0.05) is 42.5 Å². The van der Waals surface area contributed by atoms with Crippen molar-refractivity contribution < 1.29 is 14.5 Å². The number of benzene rings is 2. The Morgan fingerprint density at radius 1 is 1.13 bits per heavy atom. The lowest BCUT2D eigenvalue weighted by Gasteiger charge is -2.20. The van der Waals surface area contributed by atoms with Crippen LogP contribution in [0.25, 0.3) is 0 Å². The first-order valence-corrected chi connectivity index (χ1v) is 9.66. The maximum absolute atomic E-state index is 12.8. The van der Waals surface area contributed by atoms with Gasteiger partial charge in [0.1, 0.15) is 23.7 Å². The van der Waals surface area contributed by atoms with Gasteiger partial charge >= 0.3 is 5.69 Å². The molecule has 1 atom stereocenters. The van der Waals surface area contributed by atoms with E-state index in [4.69, 9.17) is 4.74 Å². The van der Waals surface area contributed by atoms with Crippen molar-refractivity contribution in [2.75, 3.05) is 6.61 Å². The van der Waals surface area contributed by atoms with Crippen molar-refractivity contribution in [1.82, 2.24) is 15.1 Å². The molecule has 0 aliphatic heterocycles. The number of carbonyl (C=O) groups excluding carboxylic acids is 1. The number of nitrogens with one attached hydrogen (secondary N) is 1. The molecule has 0 aliphatic carbocycles. The molecule has 0 saturated carbocycles. The molecule has 0 fully saturated rings. The van der Waals surface area contributed by atoms with E-state index in [-0.39, 0.29) is 29.9 Å². The minimum Gasteiger partial charge on any atom is -0.494 e. The van der Waals surface area contributed by atoms with Crippen molar-refractivity contribution in [3.05, 3.63) is 87.2 Å². The second-order valence-electron chi connectivity index (χ2n) is 6.85. The second-order valence-corrected chi connectivity index (χ2v) is 6.85. The monoisotopic (exact) mass is 408 g/mol. The maximum Gasteiger partial charge on any atom is 0.312 e. The zero-order chi connectivity index (χ0) is 21.7. The van der Waals surface area contributed by atoms with Gasteiger partial charge in [0.15, 0.2) is 0 Å². The van der Waals surface area contributed by atoms with Gasteiger partial charge in [-0.05, 0) is 44.0 Å². The van der Waals surface area contributed by atoms with Crippen LogP contribution in [0.1, 0.15) is 35.5 Å². The van der Waals surface area contributed by atoms with Crippen LogP contribution in [0.2, 0.25) is 0 Å². The summed E-state index contributed by atoms with van der Waals surface area (Å²) < 4.78 is 6.86. The molecule has 8 nitrogen and oxygen atoms in total. The summed E-state index contributed by atoms with van der Waals surface area (Å²) in [4.78, 5) is 23.5. The van der Waals surface area contributed by atoms with Gasteiger partial charge in [0.2, 0.25) is 5.91 Å². The van der Waals surface area contributed by atoms with Gasteiger partial charge in [-0.25, -0.2) is 0 Å². The van der Waals surface area contributed by atoms with Gasteiger partial charge in [0.05, 0.1) is 17.6 Å². The molecule has 1 heterocycles. The van der Waals surface area contributed by atoms with E-state index in [1.54, 1.807) is 13.8 Å². The molecule has 3 rings (SSSR count). The van der Waals surface area contributed by atoms with Crippen LogP contribution >= 0.6 is 0 Å². The second kappa shape index (κ2) is 9.21.